The lowest BCUT2D eigenvalue weighted by Gasteiger charge is -2.27. The Morgan fingerprint density at radius 2 is 2.11 bits per heavy atom. The second kappa shape index (κ2) is 7.58. The number of para-hydroxylation sites is 1. The first kappa shape index (κ1) is 17.8. The van der Waals surface area contributed by atoms with Crippen molar-refractivity contribution in [3.63, 3.8) is 0 Å². The molecular formula is C19H16N2O4S2. The molecule has 0 aliphatic carbocycles. The Morgan fingerprint density at radius 3 is 2.93 bits per heavy atom. The molecule has 1 aromatic heterocycles. The molecule has 1 fully saturated rings. The van der Waals surface area contributed by atoms with Crippen LogP contribution in [0.3, 0.4) is 0 Å². The third-order valence-electron chi connectivity index (χ3n) is 4.29. The molecule has 3 heterocycles. The van der Waals surface area contributed by atoms with Gasteiger partial charge in [0.15, 0.2) is 0 Å². The number of imide groups is 1. The summed E-state index contributed by atoms with van der Waals surface area (Å²) in [6.45, 7) is 0.221. The molecule has 27 heavy (non-hydrogen) atoms. The van der Waals surface area contributed by atoms with Gasteiger partial charge in [-0.25, -0.2) is 0 Å². The highest BCUT2D eigenvalue weighted by Crippen LogP contribution is 2.34. The second-order valence-corrected chi connectivity index (χ2v) is 8.05. The average Bonchev–Trinajstić information content (AvgIpc) is 3.26. The largest absolute Gasteiger partial charge is 0.493 e. The summed E-state index contributed by atoms with van der Waals surface area (Å²) in [5.41, 5.74) is 0.906. The molecule has 1 N–H and O–H groups in total. The third kappa shape index (κ3) is 3.77. The third-order valence-corrected chi connectivity index (χ3v) is 6.01. The van der Waals surface area contributed by atoms with Crippen LogP contribution in [0.2, 0.25) is 0 Å². The first-order valence-electron chi connectivity index (χ1n) is 8.42. The van der Waals surface area contributed by atoms with E-state index in [1.54, 1.807) is 6.08 Å². The van der Waals surface area contributed by atoms with Crippen molar-refractivity contribution in [3.8, 4) is 5.75 Å². The minimum atomic E-state index is -0.430. The number of nitrogens with zero attached hydrogens (tertiary/aromatic N) is 1. The quantitative estimate of drug-likeness (QED) is 0.796. The zero-order valence-electron chi connectivity index (χ0n) is 14.2. The fraction of sp³-hybridized carbons (Fsp3) is 0.211. The van der Waals surface area contributed by atoms with E-state index in [-0.39, 0.29) is 18.5 Å². The molecule has 0 radical (unpaired) electrons. The summed E-state index contributed by atoms with van der Waals surface area (Å²) in [7, 11) is 0. The van der Waals surface area contributed by atoms with Gasteiger partial charge in [-0.3, -0.25) is 19.3 Å². The van der Waals surface area contributed by atoms with E-state index < -0.39 is 11.1 Å². The number of ether oxygens (including phenoxy) is 1. The van der Waals surface area contributed by atoms with Crippen LogP contribution in [0.5, 0.6) is 5.75 Å². The van der Waals surface area contributed by atoms with Crippen molar-refractivity contribution in [1.29, 1.82) is 0 Å². The van der Waals surface area contributed by atoms with Gasteiger partial charge in [-0.2, -0.15) is 0 Å². The van der Waals surface area contributed by atoms with Gasteiger partial charge in [0.2, 0.25) is 5.91 Å². The molecule has 1 atom stereocenters. The molecule has 6 nitrogen and oxygen atoms in total. The van der Waals surface area contributed by atoms with E-state index in [0.717, 1.165) is 32.9 Å². The highest BCUT2D eigenvalue weighted by Gasteiger charge is 2.36. The number of hydrogen-bond donors (Lipinski definition) is 1. The molecule has 3 amide bonds. The van der Waals surface area contributed by atoms with E-state index in [1.165, 1.54) is 11.3 Å². The molecule has 4 rings (SSSR count). The fourth-order valence-corrected chi connectivity index (χ4v) is 4.58. The maximum absolute atomic E-state index is 12.5. The van der Waals surface area contributed by atoms with E-state index in [9.17, 15) is 14.4 Å². The Hall–Kier alpha value is -2.58. The van der Waals surface area contributed by atoms with E-state index >= 15 is 0 Å². The Morgan fingerprint density at radius 1 is 1.26 bits per heavy atom. The average molecular weight is 400 g/mol. The minimum Gasteiger partial charge on any atom is -0.493 e. The lowest BCUT2D eigenvalue weighted by Crippen LogP contribution is -2.41. The summed E-state index contributed by atoms with van der Waals surface area (Å²) in [5.74, 6) is -0.0450. The van der Waals surface area contributed by atoms with Gasteiger partial charge in [0.25, 0.3) is 11.1 Å². The van der Waals surface area contributed by atoms with Crippen LogP contribution in [-0.4, -0.2) is 35.1 Å². The summed E-state index contributed by atoms with van der Waals surface area (Å²) in [6, 6.07) is 11.1. The summed E-state index contributed by atoms with van der Waals surface area (Å²) in [5, 5.41) is 4.38. The highest BCUT2D eigenvalue weighted by molar-refractivity contribution is 8.18. The van der Waals surface area contributed by atoms with Crippen LogP contribution in [0.4, 0.5) is 4.79 Å². The highest BCUT2D eigenvalue weighted by atomic mass is 32.2. The van der Waals surface area contributed by atoms with E-state index in [1.807, 2.05) is 41.8 Å². The molecule has 8 heteroatoms. The van der Waals surface area contributed by atoms with Crippen molar-refractivity contribution in [3.05, 3.63) is 57.1 Å². The molecule has 0 unspecified atom stereocenters. The first-order valence-corrected chi connectivity index (χ1v) is 10.1. The van der Waals surface area contributed by atoms with Gasteiger partial charge in [0.05, 0.1) is 17.6 Å². The van der Waals surface area contributed by atoms with E-state index in [2.05, 4.69) is 5.32 Å². The molecule has 138 valence electrons. The van der Waals surface area contributed by atoms with Gasteiger partial charge in [0.1, 0.15) is 12.3 Å². The van der Waals surface area contributed by atoms with Crippen LogP contribution < -0.4 is 10.1 Å². The molecule has 2 aliphatic heterocycles. The van der Waals surface area contributed by atoms with Crippen molar-refractivity contribution < 1.29 is 19.1 Å². The molecular weight excluding hydrogens is 384 g/mol. The SMILES string of the molecule is O=C(CN1C(=O)S/C(=C\c2cccs2)C1=O)N[C@H]1CCOc2ccccc21. The predicted molar refractivity (Wildman–Crippen MR) is 104 cm³/mol. The number of thiophene rings is 1. The molecule has 0 spiro atoms. The maximum atomic E-state index is 12.5. The number of nitrogens with one attached hydrogen (secondary N) is 1. The summed E-state index contributed by atoms with van der Waals surface area (Å²) in [4.78, 5) is 39.4. The molecule has 2 aromatic rings. The normalized spacial score (nSPS) is 20.5. The number of carbonyl (C=O) groups is 3. The monoisotopic (exact) mass is 400 g/mol. The minimum absolute atomic E-state index is 0.191. The number of rotatable bonds is 4. The van der Waals surface area contributed by atoms with Gasteiger partial charge in [-0.05, 0) is 35.4 Å². The van der Waals surface area contributed by atoms with Crippen molar-refractivity contribution in [1.82, 2.24) is 10.2 Å². The van der Waals surface area contributed by atoms with Gasteiger partial charge >= 0.3 is 0 Å². The van der Waals surface area contributed by atoms with Gasteiger partial charge in [-0.15, -0.1) is 11.3 Å². The lowest BCUT2D eigenvalue weighted by atomic mass is 10.0. The van der Waals surface area contributed by atoms with Crippen molar-refractivity contribution >= 4 is 46.2 Å². The van der Waals surface area contributed by atoms with Crippen molar-refractivity contribution in [2.45, 2.75) is 12.5 Å². The Bertz CT molecular complexity index is 924. The van der Waals surface area contributed by atoms with Crippen LogP contribution in [0.1, 0.15) is 22.9 Å². The van der Waals surface area contributed by atoms with Crippen LogP contribution in [-0.2, 0) is 9.59 Å². The van der Waals surface area contributed by atoms with Crippen molar-refractivity contribution in [2.75, 3.05) is 13.2 Å². The Labute approximate surface area is 164 Å². The first-order chi connectivity index (χ1) is 13.1. The molecule has 0 bridgehead atoms. The summed E-state index contributed by atoms with van der Waals surface area (Å²) < 4.78 is 5.59. The maximum Gasteiger partial charge on any atom is 0.294 e. The van der Waals surface area contributed by atoms with E-state index in [4.69, 9.17) is 4.74 Å². The van der Waals surface area contributed by atoms with Gasteiger partial charge in [0, 0.05) is 16.9 Å². The zero-order chi connectivity index (χ0) is 18.8. The Kier molecular flexibility index (Phi) is 5.00. The molecule has 1 saturated heterocycles. The topological polar surface area (TPSA) is 75.7 Å². The van der Waals surface area contributed by atoms with Crippen LogP contribution in [0.25, 0.3) is 6.08 Å². The van der Waals surface area contributed by atoms with Gasteiger partial charge in [-0.1, -0.05) is 24.3 Å². The number of carbonyl (C=O) groups excluding carboxylic acids is 3. The smallest absolute Gasteiger partial charge is 0.294 e. The predicted octanol–water partition coefficient (Wildman–Crippen LogP) is 3.42. The molecule has 0 saturated carbocycles. The van der Waals surface area contributed by atoms with Crippen LogP contribution in [0.15, 0.2) is 46.7 Å². The molecule has 2 aliphatic rings. The number of amides is 3. The second-order valence-electron chi connectivity index (χ2n) is 6.08. The van der Waals surface area contributed by atoms with E-state index in [0.29, 0.717) is 17.9 Å². The number of thioether (sulfide) groups is 1. The van der Waals surface area contributed by atoms with Gasteiger partial charge < -0.3 is 10.1 Å². The Balaban J connectivity index is 1.43. The number of fused-ring (bicyclic) bond motifs is 1. The number of hydrogen-bond acceptors (Lipinski definition) is 6. The lowest BCUT2D eigenvalue weighted by molar-refractivity contribution is -0.129. The summed E-state index contributed by atoms with van der Waals surface area (Å²) in [6.07, 6.45) is 2.32. The summed E-state index contributed by atoms with van der Waals surface area (Å²) >= 11 is 2.34. The van der Waals surface area contributed by atoms with Crippen molar-refractivity contribution in [2.24, 2.45) is 0 Å². The fourth-order valence-electron chi connectivity index (χ4n) is 3.01. The standard InChI is InChI=1S/C19H16N2O4S2/c22-17(20-14-7-8-25-15-6-2-1-5-13(14)15)11-21-18(23)16(27-19(21)24)10-12-4-3-9-26-12/h1-6,9-10,14H,7-8,11H2,(H,20,22)/b16-10-/t14-/m0/s1. The van der Waals surface area contributed by atoms with Crippen LogP contribution >= 0.6 is 23.1 Å². The zero-order valence-corrected chi connectivity index (χ0v) is 15.8. The molecule has 1 aromatic carbocycles. The van der Waals surface area contributed by atoms with Crippen LogP contribution in [0, 0.1) is 0 Å². The number of benzene rings is 1.